The summed E-state index contributed by atoms with van der Waals surface area (Å²) in [5.41, 5.74) is 0. The predicted octanol–water partition coefficient (Wildman–Crippen LogP) is 1.85. The Morgan fingerprint density at radius 2 is 1.82 bits per heavy atom. The highest BCUT2D eigenvalue weighted by atomic mass is 19.4. The molecule has 0 aromatic rings. The van der Waals surface area contributed by atoms with Gasteiger partial charge < -0.3 is 10.4 Å². The third-order valence-corrected chi connectivity index (χ3v) is 3.22. The molecule has 2 N–H and O–H groups in total. The van der Waals surface area contributed by atoms with Crippen molar-refractivity contribution in [2.45, 2.75) is 38.3 Å². The summed E-state index contributed by atoms with van der Waals surface area (Å²) >= 11 is 0. The normalized spacial score (nSPS) is 25.6. The Bertz CT molecular complexity index is 256. The summed E-state index contributed by atoms with van der Waals surface area (Å²) in [5.74, 6) is -0.777. The van der Waals surface area contributed by atoms with Crippen LogP contribution in [0.25, 0.3) is 0 Å². The number of hydrogen-bond acceptors (Lipinski definition) is 2. The number of halogens is 3. The maximum absolute atomic E-state index is 11.9. The van der Waals surface area contributed by atoms with Gasteiger partial charge in [-0.1, -0.05) is 12.8 Å². The van der Waals surface area contributed by atoms with Crippen molar-refractivity contribution in [1.82, 2.24) is 5.32 Å². The van der Waals surface area contributed by atoms with Crippen molar-refractivity contribution in [1.29, 1.82) is 0 Å². The van der Waals surface area contributed by atoms with Crippen molar-refractivity contribution < 1.29 is 23.1 Å². The van der Waals surface area contributed by atoms with Crippen LogP contribution in [0.3, 0.4) is 0 Å². The van der Waals surface area contributed by atoms with Crippen LogP contribution in [-0.4, -0.2) is 30.3 Å². The van der Waals surface area contributed by atoms with E-state index in [1.54, 1.807) is 0 Å². The summed E-state index contributed by atoms with van der Waals surface area (Å²) in [6.07, 6.45) is -2.08. The molecular weight excluding hydrogens is 235 g/mol. The van der Waals surface area contributed by atoms with Gasteiger partial charge in [0.2, 0.25) is 5.91 Å². The molecule has 1 fully saturated rings. The Kier molecular flexibility index (Phi) is 5.24. The minimum absolute atomic E-state index is 0.0415. The molecule has 100 valence electrons. The van der Waals surface area contributed by atoms with Crippen LogP contribution in [0, 0.1) is 11.8 Å². The van der Waals surface area contributed by atoms with Gasteiger partial charge in [-0.3, -0.25) is 4.79 Å². The van der Waals surface area contributed by atoms with Crippen LogP contribution in [-0.2, 0) is 4.79 Å². The lowest BCUT2D eigenvalue weighted by Gasteiger charge is -2.30. The summed E-state index contributed by atoms with van der Waals surface area (Å²) in [6.45, 7) is 0.278. The van der Waals surface area contributed by atoms with E-state index in [4.69, 9.17) is 5.11 Å². The molecule has 0 radical (unpaired) electrons. The van der Waals surface area contributed by atoms with Crippen LogP contribution in [0.1, 0.15) is 32.1 Å². The van der Waals surface area contributed by atoms with E-state index < -0.39 is 18.5 Å². The average Bonchev–Trinajstić information content (AvgIpc) is 2.24. The van der Waals surface area contributed by atoms with E-state index in [1.807, 2.05) is 0 Å². The number of carbonyl (C=O) groups excluding carboxylic acids is 1. The Morgan fingerprint density at radius 3 is 2.35 bits per heavy atom. The molecule has 0 spiro atoms. The molecule has 1 aliphatic rings. The number of nitrogens with one attached hydrogen (secondary N) is 1. The molecule has 1 amide bonds. The first kappa shape index (κ1) is 14.3. The first-order valence-corrected chi connectivity index (χ1v) is 5.86. The van der Waals surface area contributed by atoms with E-state index in [0.717, 1.165) is 25.7 Å². The van der Waals surface area contributed by atoms with Crippen LogP contribution in [0.4, 0.5) is 13.2 Å². The van der Waals surface area contributed by atoms with Gasteiger partial charge in [0.05, 0.1) is 0 Å². The maximum atomic E-state index is 11.9. The van der Waals surface area contributed by atoms with Crippen LogP contribution in [0.2, 0.25) is 0 Å². The highest BCUT2D eigenvalue weighted by molar-refractivity contribution is 5.76. The molecule has 0 aromatic heterocycles. The number of hydrogen-bond donors (Lipinski definition) is 2. The summed E-state index contributed by atoms with van der Waals surface area (Å²) in [7, 11) is 0. The Hall–Kier alpha value is -0.780. The Morgan fingerprint density at radius 1 is 1.24 bits per heavy atom. The van der Waals surface area contributed by atoms with Gasteiger partial charge >= 0.3 is 6.18 Å². The van der Waals surface area contributed by atoms with Gasteiger partial charge in [0.1, 0.15) is 6.42 Å². The van der Waals surface area contributed by atoms with E-state index in [-0.39, 0.29) is 25.0 Å². The summed E-state index contributed by atoms with van der Waals surface area (Å²) in [4.78, 5) is 11.0. The van der Waals surface area contributed by atoms with E-state index in [1.165, 1.54) is 0 Å². The molecule has 0 aliphatic heterocycles. The van der Waals surface area contributed by atoms with E-state index in [0.29, 0.717) is 0 Å². The fourth-order valence-corrected chi connectivity index (χ4v) is 2.28. The zero-order valence-corrected chi connectivity index (χ0v) is 9.59. The third-order valence-electron chi connectivity index (χ3n) is 3.22. The van der Waals surface area contributed by atoms with Gasteiger partial charge in [0.25, 0.3) is 0 Å². The number of carbonyl (C=O) groups is 1. The molecule has 1 aliphatic carbocycles. The molecule has 2 unspecified atom stereocenters. The van der Waals surface area contributed by atoms with Crippen LogP contribution in [0.15, 0.2) is 0 Å². The monoisotopic (exact) mass is 253 g/mol. The molecule has 17 heavy (non-hydrogen) atoms. The largest absolute Gasteiger partial charge is 0.397 e. The van der Waals surface area contributed by atoms with Gasteiger partial charge in [-0.15, -0.1) is 0 Å². The van der Waals surface area contributed by atoms with E-state index in [9.17, 15) is 18.0 Å². The van der Waals surface area contributed by atoms with Crippen molar-refractivity contribution in [2.24, 2.45) is 11.8 Å². The minimum atomic E-state index is -4.45. The second kappa shape index (κ2) is 6.23. The van der Waals surface area contributed by atoms with Crippen molar-refractivity contribution in [2.75, 3.05) is 13.2 Å². The second-order valence-electron chi connectivity index (χ2n) is 4.58. The smallest absolute Gasteiger partial charge is 0.396 e. The van der Waals surface area contributed by atoms with Crippen molar-refractivity contribution in [3.05, 3.63) is 0 Å². The van der Waals surface area contributed by atoms with Crippen molar-refractivity contribution in [3.63, 3.8) is 0 Å². The topological polar surface area (TPSA) is 49.3 Å². The highest BCUT2D eigenvalue weighted by Gasteiger charge is 2.32. The maximum Gasteiger partial charge on any atom is 0.397 e. The summed E-state index contributed by atoms with van der Waals surface area (Å²) < 4.78 is 35.7. The lowest BCUT2D eigenvalue weighted by Crippen LogP contribution is -2.37. The lowest BCUT2D eigenvalue weighted by molar-refractivity contribution is -0.154. The van der Waals surface area contributed by atoms with Crippen LogP contribution in [0.5, 0.6) is 0 Å². The Labute approximate surface area is 98.4 Å². The Balaban J connectivity index is 2.31. The number of amides is 1. The zero-order chi connectivity index (χ0) is 12.9. The first-order chi connectivity index (χ1) is 7.92. The second-order valence-corrected chi connectivity index (χ2v) is 4.58. The molecule has 1 rings (SSSR count). The molecule has 0 bridgehead atoms. The fourth-order valence-electron chi connectivity index (χ4n) is 2.28. The quantitative estimate of drug-likeness (QED) is 0.803. The zero-order valence-electron chi connectivity index (χ0n) is 9.59. The summed E-state index contributed by atoms with van der Waals surface area (Å²) in [6, 6.07) is 0. The molecule has 6 heteroatoms. The summed E-state index contributed by atoms with van der Waals surface area (Å²) in [5, 5.41) is 11.4. The predicted molar refractivity (Wildman–Crippen MR) is 56.2 cm³/mol. The number of alkyl halides is 3. The van der Waals surface area contributed by atoms with Gasteiger partial charge in [0.15, 0.2) is 0 Å². The van der Waals surface area contributed by atoms with Crippen LogP contribution < -0.4 is 5.32 Å². The van der Waals surface area contributed by atoms with E-state index >= 15 is 0 Å². The number of aliphatic hydroxyl groups excluding tert-OH is 1. The highest BCUT2D eigenvalue weighted by Crippen LogP contribution is 2.29. The van der Waals surface area contributed by atoms with E-state index in [2.05, 4.69) is 5.32 Å². The fraction of sp³-hybridized carbons (Fsp3) is 0.909. The molecule has 3 nitrogen and oxygen atoms in total. The van der Waals surface area contributed by atoms with Gasteiger partial charge in [-0.05, 0) is 24.7 Å². The molecule has 0 saturated heterocycles. The third kappa shape index (κ3) is 5.39. The molecule has 0 aromatic carbocycles. The van der Waals surface area contributed by atoms with Crippen LogP contribution >= 0.6 is 0 Å². The molecule has 1 saturated carbocycles. The number of rotatable bonds is 4. The van der Waals surface area contributed by atoms with Crippen molar-refractivity contribution in [3.8, 4) is 0 Å². The lowest BCUT2D eigenvalue weighted by atomic mass is 9.79. The number of aliphatic hydroxyl groups is 1. The molecule has 2 atom stereocenters. The SMILES string of the molecule is O=C(CC(F)(F)F)NCC1CCCCC1CO. The van der Waals surface area contributed by atoms with Gasteiger partial charge in [0, 0.05) is 13.2 Å². The first-order valence-electron chi connectivity index (χ1n) is 5.86. The minimum Gasteiger partial charge on any atom is -0.396 e. The standard InChI is InChI=1S/C11H18F3NO2/c12-11(13,14)5-10(17)15-6-8-3-1-2-4-9(8)7-16/h8-9,16H,1-7H2,(H,15,17). The van der Waals surface area contributed by atoms with Crippen molar-refractivity contribution >= 4 is 5.91 Å². The van der Waals surface area contributed by atoms with Gasteiger partial charge in [-0.25, -0.2) is 0 Å². The molecule has 0 heterocycles. The van der Waals surface area contributed by atoms with Gasteiger partial charge in [-0.2, -0.15) is 13.2 Å². The average molecular weight is 253 g/mol. The molecular formula is C11H18F3NO2.